The molecule has 0 saturated carbocycles. The Morgan fingerprint density at radius 2 is 1.67 bits per heavy atom. The maximum atomic E-state index is 5.37. The largest absolute Gasteiger partial charge is 0.493 e. The second-order valence-corrected chi connectivity index (χ2v) is 5.23. The lowest BCUT2D eigenvalue weighted by atomic mass is 10.1. The summed E-state index contributed by atoms with van der Waals surface area (Å²) < 4.78 is 10.7. The van der Waals surface area contributed by atoms with Crippen LogP contribution in [0.25, 0.3) is 22.2 Å². The van der Waals surface area contributed by atoms with Crippen LogP contribution in [0.2, 0.25) is 0 Å². The predicted molar refractivity (Wildman–Crippen MR) is 83.1 cm³/mol. The molecule has 3 heteroatoms. The standard InChI is InChI=1S/C18H15NO2/c1-20-16-9-12-8-13-7-11-5-3-4-6-14(11)18(13)19-15(12)10-17(16)21-2/h3-6,8-10H,7H2,1-2H3. The summed E-state index contributed by atoms with van der Waals surface area (Å²) in [6.45, 7) is 0. The van der Waals surface area contributed by atoms with Crippen LogP contribution in [0.3, 0.4) is 0 Å². The van der Waals surface area contributed by atoms with Crippen LogP contribution in [-0.4, -0.2) is 19.2 Å². The van der Waals surface area contributed by atoms with Crippen LogP contribution in [0.5, 0.6) is 11.5 Å². The van der Waals surface area contributed by atoms with Gasteiger partial charge >= 0.3 is 0 Å². The molecule has 0 amide bonds. The summed E-state index contributed by atoms with van der Waals surface area (Å²) in [5, 5.41) is 1.08. The zero-order chi connectivity index (χ0) is 14.4. The van der Waals surface area contributed by atoms with Gasteiger partial charge in [-0.3, -0.25) is 0 Å². The smallest absolute Gasteiger partial charge is 0.162 e. The maximum absolute atomic E-state index is 5.37. The Bertz CT molecular complexity index is 855. The van der Waals surface area contributed by atoms with Gasteiger partial charge in [0.15, 0.2) is 11.5 Å². The lowest BCUT2D eigenvalue weighted by Gasteiger charge is -2.10. The van der Waals surface area contributed by atoms with Gasteiger partial charge in [0.05, 0.1) is 25.4 Å². The van der Waals surface area contributed by atoms with Gasteiger partial charge in [0.2, 0.25) is 0 Å². The lowest BCUT2D eigenvalue weighted by molar-refractivity contribution is 0.356. The van der Waals surface area contributed by atoms with Crippen molar-refractivity contribution in [3.05, 3.63) is 53.6 Å². The van der Waals surface area contributed by atoms with Gasteiger partial charge in [-0.05, 0) is 23.3 Å². The van der Waals surface area contributed by atoms with Crippen molar-refractivity contribution >= 4 is 10.9 Å². The van der Waals surface area contributed by atoms with Crippen molar-refractivity contribution in [3.63, 3.8) is 0 Å². The van der Waals surface area contributed by atoms with Gasteiger partial charge in [-0.2, -0.15) is 0 Å². The zero-order valence-corrected chi connectivity index (χ0v) is 12.0. The second kappa shape index (κ2) is 4.48. The molecule has 21 heavy (non-hydrogen) atoms. The first-order chi connectivity index (χ1) is 10.3. The van der Waals surface area contributed by atoms with Crippen molar-refractivity contribution in [1.29, 1.82) is 0 Å². The average molecular weight is 277 g/mol. The minimum Gasteiger partial charge on any atom is -0.493 e. The summed E-state index contributed by atoms with van der Waals surface area (Å²) in [7, 11) is 3.30. The van der Waals surface area contributed by atoms with Crippen LogP contribution in [0.15, 0.2) is 42.5 Å². The van der Waals surface area contributed by atoms with Crippen molar-refractivity contribution in [2.45, 2.75) is 6.42 Å². The first-order valence-electron chi connectivity index (χ1n) is 6.94. The SMILES string of the molecule is COc1cc2cc3c(nc2cc1OC)-c1ccccc1C3. The van der Waals surface area contributed by atoms with E-state index < -0.39 is 0 Å². The van der Waals surface area contributed by atoms with E-state index in [-0.39, 0.29) is 0 Å². The summed E-state index contributed by atoms with van der Waals surface area (Å²) in [4.78, 5) is 4.85. The first-order valence-corrected chi connectivity index (χ1v) is 6.94. The molecule has 2 aromatic carbocycles. The van der Waals surface area contributed by atoms with E-state index in [4.69, 9.17) is 14.5 Å². The number of ether oxygens (including phenoxy) is 2. The molecule has 4 rings (SSSR count). The van der Waals surface area contributed by atoms with Gasteiger partial charge < -0.3 is 9.47 Å². The van der Waals surface area contributed by atoms with E-state index in [1.54, 1.807) is 14.2 Å². The molecular formula is C18H15NO2. The normalized spacial score (nSPS) is 12.1. The van der Waals surface area contributed by atoms with Crippen molar-refractivity contribution in [3.8, 4) is 22.8 Å². The van der Waals surface area contributed by atoms with Crippen LogP contribution in [0, 0.1) is 0 Å². The van der Waals surface area contributed by atoms with Crippen LogP contribution in [0.4, 0.5) is 0 Å². The topological polar surface area (TPSA) is 31.4 Å². The number of hydrogen-bond donors (Lipinski definition) is 0. The van der Waals surface area contributed by atoms with E-state index in [1.807, 2.05) is 12.1 Å². The summed E-state index contributed by atoms with van der Waals surface area (Å²) in [5.74, 6) is 1.45. The monoisotopic (exact) mass is 277 g/mol. The fourth-order valence-corrected chi connectivity index (χ4v) is 3.02. The molecule has 0 aliphatic heterocycles. The zero-order valence-electron chi connectivity index (χ0n) is 12.0. The Labute approximate surface area is 123 Å². The van der Waals surface area contributed by atoms with Gasteiger partial charge in [0.25, 0.3) is 0 Å². The first kappa shape index (κ1) is 12.2. The molecule has 0 bridgehead atoms. The van der Waals surface area contributed by atoms with Crippen molar-refractivity contribution in [2.75, 3.05) is 14.2 Å². The number of benzene rings is 2. The van der Waals surface area contributed by atoms with Gasteiger partial charge in [-0.1, -0.05) is 24.3 Å². The van der Waals surface area contributed by atoms with Gasteiger partial charge in [0.1, 0.15) is 0 Å². The Morgan fingerprint density at radius 1 is 0.905 bits per heavy atom. The minimum absolute atomic E-state index is 0.712. The number of rotatable bonds is 2. The van der Waals surface area contributed by atoms with Crippen molar-refractivity contribution in [1.82, 2.24) is 4.98 Å². The van der Waals surface area contributed by atoms with Gasteiger partial charge in [0, 0.05) is 23.4 Å². The van der Waals surface area contributed by atoms with E-state index in [9.17, 15) is 0 Å². The van der Waals surface area contributed by atoms with Crippen LogP contribution < -0.4 is 9.47 Å². The third kappa shape index (κ3) is 1.77. The molecule has 1 aliphatic rings. The Balaban J connectivity index is 1.98. The molecular weight excluding hydrogens is 262 g/mol. The highest BCUT2D eigenvalue weighted by molar-refractivity contribution is 5.88. The molecule has 104 valence electrons. The third-order valence-corrected chi connectivity index (χ3v) is 4.05. The molecule has 1 aromatic heterocycles. The fraction of sp³-hybridized carbons (Fsp3) is 0.167. The summed E-state index contributed by atoms with van der Waals surface area (Å²) in [5.41, 5.74) is 5.88. The summed E-state index contributed by atoms with van der Waals surface area (Å²) in [6, 6.07) is 14.6. The highest BCUT2D eigenvalue weighted by Gasteiger charge is 2.20. The molecule has 0 atom stereocenters. The van der Waals surface area contributed by atoms with Crippen LogP contribution in [-0.2, 0) is 6.42 Å². The molecule has 3 nitrogen and oxygen atoms in total. The second-order valence-electron chi connectivity index (χ2n) is 5.23. The number of hydrogen-bond acceptors (Lipinski definition) is 3. The Kier molecular flexibility index (Phi) is 2.61. The molecule has 3 aromatic rings. The molecule has 0 spiro atoms. The number of pyridine rings is 1. The van der Waals surface area contributed by atoms with E-state index in [0.717, 1.165) is 28.8 Å². The van der Waals surface area contributed by atoms with E-state index in [2.05, 4.69) is 30.3 Å². The van der Waals surface area contributed by atoms with Gasteiger partial charge in [-0.15, -0.1) is 0 Å². The van der Waals surface area contributed by atoms with E-state index in [1.165, 1.54) is 16.7 Å². The molecule has 0 N–H and O–H groups in total. The number of nitrogens with zero attached hydrogens (tertiary/aromatic N) is 1. The van der Waals surface area contributed by atoms with Crippen molar-refractivity contribution < 1.29 is 9.47 Å². The molecule has 0 fully saturated rings. The number of aromatic nitrogens is 1. The van der Waals surface area contributed by atoms with E-state index in [0.29, 0.717) is 5.75 Å². The van der Waals surface area contributed by atoms with Gasteiger partial charge in [-0.25, -0.2) is 4.98 Å². The van der Waals surface area contributed by atoms with Crippen LogP contribution >= 0.6 is 0 Å². The maximum Gasteiger partial charge on any atom is 0.162 e. The van der Waals surface area contributed by atoms with E-state index >= 15 is 0 Å². The Hall–Kier alpha value is -2.55. The fourth-order valence-electron chi connectivity index (χ4n) is 3.02. The average Bonchev–Trinajstić information content (AvgIpc) is 2.88. The molecule has 1 heterocycles. The molecule has 0 radical (unpaired) electrons. The third-order valence-electron chi connectivity index (χ3n) is 4.05. The highest BCUT2D eigenvalue weighted by Crippen LogP contribution is 2.39. The molecule has 1 aliphatic carbocycles. The van der Waals surface area contributed by atoms with Crippen LogP contribution in [0.1, 0.15) is 11.1 Å². The number of fused-ring (bicyclic) bond motifs is 4. The number of methoxy groups -OCH3 is 2. The predicted octanol–water partition coefficient (Wildman–Crippen LogP) is 3.82. The summed E-state index contributed by atoms with van der Waals surface area (Å²) >= 11 is 0. The molecule has 0 unspecified atom stereocenters. The summed E-state index contributed by atoms with van der Waals surface area (Å²) in [6.07, 6.45) is 0.947. The lowest BCUT2D eigenvalue weighted by Crippen LogP contribution is -1.93. The van der Waals surface area contributed by atoms with Crippen molar-refractivity contribution in [2.24, 2.45) is 0 Å². The quantitative estimate of drug-likeness (QED) is 0.558. The molecule has 0 saturated heterocycles. The minimum atomic E-state index is 0.712. The Morgan fingerprint density at radius 3 is 2.48 bits per heavy atom. The highest BCUT2D eigenvalue weighted by atomic mass is 16.5.